The zero-order valence-corrected chi connectivity index (χ0v) is 11.1. The average Bonchev–Trinajstić information content (AvgIpc) is 2.41. The molecule has 0 aliphatic heterocycles. The molecule has 0 heterocycles. The molecule has 0 saturated carbocycles. The molecular weight excluding hydrogens is 235 g/mol. The van der Waals surface area contributed by atoms with Gasteiger partial charge in [0.15, 0.2) is 0 Å². The van der Waals surface area contributed by atoms with Crippen molar-refractivity contribution in [3.8, 4) is 0 Å². The third-order valence-corrected chi connectivity index (χ3v) is 3.20. The Balaban J connectivity index is 2.33. The molecule has 19 heavy (non-hydrogen) atoms. The van der Waals surface area contributed by atoms with Crippen LogP contribution in [0.15, 0.2) is 55.6 Å². The Morgan fingerprint density at radius 3 is 2.53 bits per heavy atom. The quantitative estimate of drug-likeness (QED) is 0.710. The van der Waals surface area contributed by atoms with Crippen molar-refractivity contribution in [1.29, 1.82) is 0 Å². The molecule has 0 aliphatic carbocycles. The summed E-state index contributed by atoms with van der Waals surface area (Å²) in [6, 6.07) is 13.2. The van der Waals surface area contributed by atoms with Crippen LogP contribution in [-0.4, -0.2) is 0 Å². The molecule has 2 rings (SSSR count). The van der Waals surface area contributed by atoms with E-state index in [4.69, 9.17) is 0 Å². The van der Waals surface area contributed by atoms with Crippen LogP contribution in [0, 0.1) is 5.82 Å². The summed E-state index contributed by atoms with van der Waals surface area (Å²) < 4.78 is 14.1. The second-order valence-corrected chi connectivity index (χ2v) is 4.67. The molecule has 0 atom stereocenters. The minimum absolute atomic E-state index is 0.181. The van der Waals surface area contributed by atoms with Crippen molar-refractivity contribution < 1.29 is 4.39 Å². The summed E-state index contributed by atoms with van der Waals surface area (Å²) in [7, 11) is 0. The topological polar surface area (TPSA) is 0 Å². The molecule has 0 unspecified atom stereocenters. The van der Waals surface area contributed by atoms with Gasteiger partial charge in [0.05, 0.1) is 0 Å². The summed E-state index contributed by atoms with van der Waals surface area (Å²) in [5, 5.41) is 0. The molecule has 0 bridgehead atoms. The molecule has 2 aromatic carbocycles. The minimum Gasteiger partial charge on any atom is -0.207 e. The highest BCUT2D eigenvalue weighted by Gasteiger charge is 2.07. The molecule has 0 saturated heterocycles. The van der Waals surface area contributed by atoms with Crippen LogP contribution >= 0.6 is 0 Å². The van der Waals surface area contributed by atoms with Crippen LogP contribution in [0.3, 0.4) is 0 Å². The third kappa shape index (κ3) is 3.00. The van der Waals surface area contributed by atoms with E-state index in [9.17, 15) is 4.39 Å². The first-order chi connectivity index (χ1) is 9.11. The van der Waals surface area contributed by atoms with E-state index in [0.717, 1.165) is 22.3 Å². The van der Waals surface area contributed by atoms with Crippen LogP contribution in [0.5, 0.6) is 0 Å². The first-order valence-electron chi connectivity index (χ1n) is 6.26. The Labute approximate surface area is 113 Å². The maximum absolute atomic E-state index is 14.1. The second kappa shape index (κ2) is 5.66. The van der Waals surface area contributed by atoms with Gasteiger partial charge in [0.25, 0.3) is 0 Å². The zero-order valence-electron chi connectivity index (χ0n) is 11.1. The number of rotatable bonds is 4. The van der Waals surface area contributed by atoms with Gasteiger partial charge in [-0.25, -0.2) is 4.39 Å². The van der Waals surface area contributed by atoms with Crippen molar-refractivity contribution in [2.75, 3.05) is 0 Å². The van der Waals surface area contributed by atoms with E-state index in [-0.39, 0.29) is 5.82 Å². The van der Waals surface area contributed by atoms with E-state index in [2.05, 4.69) is 13.2 Å². The van der Waals surface area contributed by atoms with Crippen molar-refractivity contribution in [3.05, 3.63) is 83.7 Å². The molecule has 0 fully saturated rings. The van der Waals surface area contributed by atoms with Gasteiger partial charge in [0.2, 0.25) is 0 Å². The number of halogens is 1. The van der Waals surface area contributed by atoms with E-state index in [1.165, 1.54) is 0 Å². The lowest BCUT2D eigenvalue weighted by atomic mass is 9.97. The highest BCUT2D eigenvalue weighted by atomic mass is 19.1. The molecule has 0 radical (unpaired) electrons. The summed E-state index contributed by atoms with van der Waals surface area (Å²) in [5.41, 5.74) is 4.54. The van der Waals surface area contributed by atoms with E-state index in [1.54, 1.807) is 12.1 Å². The fraction of sp³-hybridized carbons (Fsp3) is 0.111. The summed E-state index contributed by atoms with van der Waals surface area (Å²) >= 11 is 0. The molecule has 0 N–H and O–H groups in total. The Morgan fingerprint density at radius 1 is 1.16 bits per heavy atom. The van der Waals surface area contributed by atoms with Gasteiger partial charge < -0.3 is 0 Å². The van der Waals surface area contributed by atoms with Gasteiger partial charge in [0, 0.05) is 6.42 Å². The number of hydrogen-bond donors (Lipinski definition) is 0. The molecule has 0 spiro atoms. The fourth-order valence-electron chi connectivity index (χ4n) is 2.06. The van der Waals surface area contributed by atoms with Gasteiger partial charge in [-0.3, -0.25) is 0 Å². The van der Waals surface area contributed by atoms with Gasteiger partial charge in [-0.15, -0.1) is 0 Å². The smallest absolute Gasteiger partial charge is 0.127 e. The molecule has 2 aromatic rings. The Hall–Kier alpha value is -2.15. The van der Waals surface area contributed by atoms with Gasteiger partial charge >= 0.3 is 0 Å². The van der Waals surface area contributed by atoms with Crippen LogP contribution in [-0.2, 0) is 6.42 Å². The Bertz CT molecular complexity index is 623. The van der Waals surface area contributed by atoms with Crippen LogP contribution in [0.25, 0.3) is 11.6 Å². The highest BCUT2D eigenvalue weighted by molar-refractivity contribution is 5.62. The highest BCUT2D eigenvalue weighted by Crippen LogP contribution is 2.21. The predicted octanol–water partition coefficient (Wildman–Crippen LogP) is 5.09. The molecule has 1 heteroatoms. The number of hydrogen-bond acceptors (Lipinski definition) is 0. The van der Waals surface area contributed by atoms with Crippen LogP contribution < -0.4 is 0 Å². The summed E-state index contributed by atoms with van der Waals surface area (Å²) in [6.45, 7) is 9.49. The average molecular weight is 252 g/mol. The number of allylic oxidation sites excluding steroid dienone is 1. The summed E-state index contributed by atoms with van der Waals surface area (Å²) in [5.74, 6) is -0.181. The van der Waals surface area contributed by atoms with E-state index in [1.807, 2.05) is 43.3 Å². The van der Waals surface area contributed by atoms with Gasteiger partial charge in [-0.1, -0.05) is 61.2 Å². The SMILES string of the molecule is C=Cc1ccccc1Cc1ccc(C(=C)C)cc1F. The van der Waals surface area contributed by atoms with Gasteiger partial charge in [-0.2, -0.15) is 0 Å². The predicted molar refractivity (Wildman–Crippen MR) is 80.4 cm³/mol. The van der Waals surface area contributed by atoms with Crippen LogP contribution in [0.1, 0.15) is 29.2 Å². The lowest BCUT2D eigenvalue weighted by molar-refractivity contribution is 0.613. The monoisotopic (exact) mass is 252 g/mol. The van der Waals surface area contributed by atoms with Crippen molar-refractivity contribution >= 4 is 11.6 Å². The lowest BCUT2D eigenvalue weighted by Crippen LogP contribution is -1.96. The van der Waals surface area contributed by atoms with Gasteiger partial charge in [0.1, 0.15) is 5.82 Å². The normalized spacial score (nSPS) is 10.2. The zero-order chi connectivity index (χ0) is 13.8. The van der Waals surface area contributed by atoms with Crippen LogP contribution in [0.2, 0.25) is 0 Å². The second-order valence-electron chi connectivity index (χ2n) is 4.67. The first-order valence-corrected chi connectivity index (χ1v) is 6.26. The Kier molecular flexibility index (Phi) is 3.96. The summed E-state index contributed by atoms with van der Waals surface area (Å²) in [6.07, 6.45) is 2.37. The maximum atomic E-state index is 14.1. The Morgan fingerprint density at radius 2 is 1.89 bits per heavy atom. The maximum Gasteiger partial charge on any atom is 0.127 e. The van der Waals surface area contributed by atoms with E-state index >= 15 is 0 Å². The molecule has 96 valence electrons. The van der Waals surface area contributed by atoms with Crippen molar-refractivity contribution in [3.63, 3.8) is 0 Å². The van der Waals surface area contributed by atoms with Crippen molar-refractivity contribution in [2.24, 2.45) is 0 Å². The third-order valence-electron chi connectivity index (χ3n) is 3.20. The molecule has 0 nitrogen and oxygen atoms in total. The lowest BCUT2D eigenvalue weighted by Gasteiger charge is -2.08. The minimum atomic E-state index is -0.181. The van der Waals surface area contributed by atoms with E-state index in [0.29, 0.717) is 12.0 Å². The van der Waals surface area contributed by atoms with Crippen LogP contribution in [0.4, 0.5) is 4.39 Å². The van der Waals surface area contributed by atoms with Crippen molar-refractivity contribution in [2.45, 2.75) is 13.3 Å². The molecule has 0 aromatic heterocycles. The molecular formula is C18H17F. The fourth-order valence-corrected chi connectivity index (χ4v) is 2.06. The first kappa shape index (κ1) is 13.3. The molecule has 0 amide bonds. The van der Waals surface area contributed by atoms with Gasteiger partial charge in [-0.05, 0) is 35.2 Å². The summed E-state index contributed by atoms with van der Waals surface area (Å²) in [4.78, 5) is 0. The van der Waals surface area contributed by atoms with E-state index < -0.39 is 0 Å². The standard InChI is InChI=1S/C18H17F/c1-4-14-7-5-6-8-16(14)11-17-10-9-15(13(2)3)12-18(17)19/h4-10,12H,1-2,11H2,3H3. The van der Waals surface area contributed by atoms with Crippen molar-refractivity contribution in [1.82, 2.24) is 0 Å². The largest absolute Gasteiger partial charge is 0.207 e. The number of benzene rings is 2. The molecule has 0 aliphatic rings.